The third kappa shape index (κ3) is 6.13. The number of thioether (sulfide) groups is 1. The Morgan fingerprint density at radius 1 is 1.00 bits per heavy atom. The second-order valence-electron chi connectivity index (χ2n) is 8.20. The molecule has 6 nitrogen and oxygen atoms in total. The fraction of sp³-hybridized carbons (Fsp3) is 0.179. The zero-order valence-corrected chi connectivity index (χ0v) is 21.9. The van der Waals surface area contributed by atoms with Crippen LogP contribution in [0.25, 0.3) is 6.08 Å². The number of aryl methyl sites for hydroxylation is 2. The number of nitrogens with zero attached hydrogens (tertiary/aromatic N) is 1. The summed E-state index contributed by atoms with van der Waals surface area (Å²) in [4.78, 5) is 27.5. The van der Waals surface area contributed by atoms with E-state index in [9.17, 15) is 9.59 Å². The van der Waals surface area contributed by atoms with Crippen molar-refractivity contribution in [2.45, 2.75) is 20.8 Å². The Hall–Kier alpha value is -3.62. The summed E-state index contributed by atoms with van der Waals surface area (Å²) < 4.78 is 12.0. The molecule has 0 unspecified atom stereocenters. The molecule has 8 heteroatoms. The molecule has 36 heavy (non-hydrogen) atoms. The normalized spacial score (nSPS) is 14.3. The zero-order chi connectivity index (χ0) is 25.7. The minimum Gasteiger partial charge on any atom is -0.490 e. The molecule has 0 spiro atoms. The largest absolute Gasteiger partial charge is 0.490 e. The number of amides is 2. The van der Waals surface area contributed by atoms with Crippen molar-refractivity contribution in [1.82, 2.24) is 0 Å². The maximum atomic E-state index is 13.1. The Bertz CT molecular complexity index is 1340. The number of carbonyl (C=O) groups is 2. The summed E-state index contributed by atoms with van der Waals surface area (Å²) in [5.41, 5.74) is 4.39. The maximum Gasteiger partial charge on any atom is 0.270 e. The van der Waals surface area contributed by atoms with E-state index in [1.165, 1.54) is 11.8 Å². The lowest BCUT2D eigenvalue weighted by Crippen LogP contribution is -2.27. The molecule has 2 amide bonds. The van der Waals surface area contributed by atoms with Gasteiger partial charge in [-0.05, 0) is 74.4 Å². The van der Waals surface area contributed by atoms with E-state index in [2.05, 4.69) is 5.32 Å². The van der Waals surface area contributed by atoms with Crippen molar-refractivity contribution in [3.63, 3.8) is 0 Å². The molecule has 3 aromatic carbocycles. The van der Waals surface area contributed by atoms with E-state index in [1.54, 1.807) is 23.1 Å². The molecular weight excluding hydrogens is 492 g/mol. The van der Waals surface area contributed by atoms with Crippen molar-refractivity contribution >= 4 is 57.6 Å². The van der Waals surface area contributed by atoms with Gasteiger partial charge in [0.1, 0.15) is 0 Å². The Morgan fingerprint density at radius 3 is 2.50 bits per heavy atom. The van der Waals surface area contributed by atoms with Gasteiger partial charge in [0, 0.05) is 5.69 Å². The first kappa shape index (κ1) is 25.5. The van der Waals surface area contributed by atoms with E-state index in [-0.39, 0.29) is 18.4 Å². The van der Waals surface area contributed by atoms with Gasteiger partial charge < -0.3 is 14.8 Å². The molecule has 4 rings (SSSR count). The summed E-state index contributed by atoms with van der Waals surface area (Å²) in [7, 11) is 0. The van der Waals surface area contributed by atoms with E-state index in [0.717, 1.165) is 22.4 Å². The van der Waals surface area contributed by atoms with E-state index >= 15 is 0 Å². The van der Waals surface area contributed by atoms with Crippen LogP contribution in [0.5, 0.6) is 11.5 Å². The first-order valence-electron chi connectivity index (χ1n) is 11.4. The topological polar surface area (TPSA) is 67.9 Å². The van der Waals surface area contributed by atoms with Gasteiger partial charge in [0.05, 0.1) is 17.2 Å². The van der Waals surface area contributed by atoms with Gasteiger partial charge in [-0.2, -0.15) is 0 Å². The monoisotopic (exact) mass is 518 g/mol. The van der Waals surface area contributed by atoms with Crippen molar-refractivity contribution in [2.24, 2.45) is 0 Å². The summed E-state index contributed by atoms with van der Waals surface area (Å²) in [5.74, 6) is 0.496. The van der Waals surface area contributed by atoms with Crippen LogP contribution in [0.15, 0.2) is 71.6 Å². The summed E-state index contributed by atoms with van der Waals surface area (Å²) in [6.45, 7) is 6.08. The highest BCUT2D eigenvalue weighted by atomic mass is 32.2. The third-order valence-electron chi connectivity index (χ3n) is 5.31. The summed E-state index contributed by atoms with van der Waals surface area (Å²) in [6.07, 6.45) is 1.78. The molecule has 184 valence electrons. The summed E-state index contributed by atoms with van der Waals surface area (Å²) in [5, 5.41) is 2.82. The van der Waals surface area contributed by atoms with Crippen LogP contribution < -0.4 is 19.7 Å². The second kappa shape index (κ2) is 11.4. The van der Waals surface area contributed by atoms with Crippen LogP contribution >= 0.6 is 24.0 Å². The van der Waals surface area contributed by atoms with Gasteiger partial charge in [0.15, 0.2) is 22.4 Å². The molecule has 1 fully saturated rings. The van der Waals surface area contributed by atoms with E-state index in [1.807, 2.05) is 75.4 Å². The Kier molecular flexibility index (Phi) is 8.07. The lowest BCUT2D eigenvalue weighted by Gasteiger charge is -2.14. The van der Waals surface area contributed by atoms with Gasteiger partial charge in [-0.1, -0.05) is 59.9 Å². The number of anilines is 2. The van der Waals surface area contributed by atoms with Crippen LogP contribution in [0.4, 0.5) is 11.4 Å². The highest BCUT2D eigenvalue weighted by Crippen LogP contribution is 2.37. The average molecular weight is 519 g/mol. The molecule has 1 saturated heterocycles. The van der Waals surface area contributed by atoms with Gasteiger partial charge in [-0.25, -0.2) is 0 Å². The molecule has 1 aliphatic heterocycles. The fourth-order valence-corrected chi connectivity index (χ4v) is 4.90. The molecule has 3 aromatic rings. The quantitative estimate of drug-likeness (QED) is 0.286. The minimum absolute atomic E-state index is 0.164. The minimum atomic E-state index is -0.271. The molecule has 0 saturated carbocycles. The van der Waals surface area contributed by atoms with Gasteiger partial charge >= 0.3 is 0 Å². The summed E-state index contributed by atoms with van der Waals surface area (Å²) in [6, 6.07) is 20.6. The van der Waals surface area contributed by atoms with Crippen LogP contribution in [0.1, 0.15) is 23.6 Å². The predicted octanol–water partition coefficient (Wildman–Crippen LogP) is 6.13. The first-order valence-corrected chi connectivity index (χ1v) is 12.7. The number of carbonyl (C=O) groups excluding carboxylic acids is 2. The molecule has 0 aromatic heterocycles. The lowest BCUT2D eigenvalue weighted by molar-refractivity contribution is -0.118. The average Bonchev–Trinajstić information content (AvgIpc) is 3.12. The van der Waals surface area contributed by atoms with Crippen LogP contribution in [-0.2, 0) is 9.59 Å². The third-order valence-corrected chi connectivity index (χ3v) is 6.61. The predicted molar refractivity (Wildman–Crippen MR) is 150 cm³/mol. The van der Waals surface area contributed by atoms with Gasteiger partial charge in [-0.15, -0.1) is 0 Å². The Morgan fingerprint density at radius 2 is 1.78 bits per heavy atom. The van der Waals surface area contributed by atoms with Crippen LogP contribution in [0.3, 0.4) is 0 Å². The molecule has 0 atom stereocenters. The fourth-order valence-electron chi connectivity index (χ4n) is 3.60. The Labute approximate surface area is 220 Å². The molecule has 1 N–H and O–H groups in total. The molecule has 0 aliphatic carbocycles. The number of hydrogen-bond acceptors (Lipinski definition) is 6. The van der Waals surface area contributed by atoms with Crippen LogP contribution in [0.2, 0.25) is 0 Å². The van der Waals surface area contributed by atoms with E-state index in [4.69, 9.17) is 21.7 Å². The number of thiocarbonyl (C=S) groups is 1. The van der Waals surface area contributed by atoms with Crippen molar-refractivity contribution in [3.8, 4) is 11.5 Å². The van der Waals surface area contributed by atoms with Crippen LogP contribution in [-0.4, -0.2) is 29.3 Å². The van der Waals surface area contributed by atoms with Gasteiger partial charge in [0.2, 0.25) is 0 Å². The smallest absolute Gasteiger partial charge is 0.270 e. The number of ether oxygens (including phenoxy) is 2. The van der Waals surface area contributed by atoms with Crippen molar-refractivity contribution in [2.75, 3.05) is 23.4 Å². The van der Waals surface area contributed by atoms with Crippen LogP contribution in [0, 0.1) is 13.8 Å². The highest BCUT2D eigenvalue weighted by Gasteiger charge is 2.33. The van der Waals surface area contributed by atoms with Crippen molar-refractivity contribution in [1.29, 1.82) is 0 Å². The maximum absolute atomic E-state index is 13.1. The second-order valence-corrected chi connectivity index (χ2v) is 9.87. The lowest BCUT2D eigenvalue weighted by atomic mass is 10.1. The zero-order valence-electron chi connectivity index (χ0n) is 20.2. The molecule has 1 aliphatic rings. The number of rotatable bonds is 8. The van der Waals surface area contributed by atoms with Gasteiger partial charge in [-0.3, -0.25) is 14.5 Å². The SMILES string of the molecule is CCOc1cc(/C=C2\SC(=S)N(c3ccc(C)cc3)C2=O)ccc1OCC(=O)Nc1cccc(C)c1. The summed E-state index contributed by atoms with van der Waals surface area (Å²) >= 11 is 6.73. The molecular formula is C28H26N2O4S2. The molecule has 0 bridgehead atoms. The van der Waals surface area contributed by atoms with E-state index in [0.29, 0.717) is 33.0 Å². The number of nitrogens with one attached hydrogen (secondary N) is 1. The first-order chi connectivity index (χ1) is 17.3. The van der Waals surface area contributed by atoms with Crippen molar-refractivity contribution < 1.29 is 19.1 Å². The number of hydrogen-bond donors (Lipinski definition) is 1. The Balaban J connectivity index is 1.47. The van der Waals surface area contributed by atoms with E-state index < -0.39 is 0 Å². The number of benzene rings is 3. The van der Waals surface area contributed by atoms with Crippen molar-refractivity contribution in [3.05, 3.63) is 88.3 Å². The van der Waals surface area contributed by atoms with Gasteiger partial charge in [0.25, 0.3) is 11.8 Å². The molecule has 1 heterocycles. The standard InChI is InChI=1S/C28H26N2O4S2/c1-4-33-24-15-20(10-13-23(24)34-17-26(31)29-21-7-5-6-19(3)14-21)16-25-27(32)30(28(35)36-25)22-11-8-18(2)9-12-22/h5-16H,4,17H2,1-3H3,(H,29,31)/b25-16-. The highest BCUT2D eigenvalue weighted by molar-refractivity contribution is 8.27. The molecule has 0 radical (unpaired) electrons.